The van der Waals surface area contributed by atoms with Crippen LogP contribution in [0.5, 0.6) is 0 Å². The summed E-state index contributed by atoms with van der Waals surface area (Å²) in [6.45, 7) is 2.26. The number of nitrogens with zero attached hydrogens (tertiary/aromatic N) is 2. The number of H-pyrrole nitrogens is 1. The van der Waals surface area contributed by atoms with Crippen molar-refractivity contribution >= 4 is 33.7 Å². The molecule has 0 spiro atoms. The predicted octanol–water partition coefficient (Wildman–Crippen LogP) is 0.297. The monoisotopic (exact) mass is 361 g/mol. The van der Waals surface area contributed by atoms with Crippen LogP contribution in [0, 0.1) is 0 Å². The van der Waals surface area contributed by atoms with Crippen molar-refractivity contribution in [2.24, 2.45) is 0 Å². The van der Waals surface area contributed by atoms with Crippen LogP contribution in [-0.4, -0.2) is 77.3 Å². The van der Waals surface area contributed by atoms with Crippen LogP contribution < -0.4 is 0 Å². The van der Waals surface area contributed by atoms with E-state index in [1.54, 1.807) is 11.8 Å². The molecule has 8 nitrogen and oxygen atoms in total. The maximum atomic E-state index is 12.5. The Hall–Kier alpha value is -1.52. The average molecular weight is 361 g/mol. The number of hydrogen-bond acceptors (Lipinski definition) is 5. The minimum Gasteiger partial charge on any atom is -0.480 e. The molecule has 2 N–H and O–H groups in total. The molecule has 1 aliphatic heterocycles. The summed E-state index contributed by atoms with van der Waals surface area (Å²) in [4.78, 5) is 26.9. The lowest BCUT2D eigenvalue weighted by atomic mass is 10.2. The normalized spacial score (nSPS) is 17.7. The SMILES string of the molecule is CC(C(=O)O)N(C)C(=O)c1cc(S(=O)(=O)N2CCSCC2)c[nH]1. The van der Waals surface area contributed by atoms with E-state index in [0.29, 0.717) is 13.1 Å². The van der Waals surface area contributed by atoms with Crippen LogP contribution >= 0.6 is 11.8 Å². The number of carboxylic acids is 1. The molecule has 0 radical (unpaired) electrons. The number of thioether (sulfide) groups is 1. The summed E-state index contributed by atoms with van der Waals surface area (Å²) in [5.74, 6) is -0.218. The molecule has 1 aromatic rings. The van der Waals surface area contributed by atoms with Crippen LogP contribution in [0.3, 0.4) is 0 Å². The van der Waals surface area contributed by atoms with E-state index in [9.17, 15) is 18.0 Å². The fraction of sp³-hybridized carbons (Fsp3) is 0.538. The number of carbonyl (C=O) groups is 2. The Bertz CT molecular complexity index is 694. The van der Waals surface area contributed by atoms with Gasteiger partial charge in [-0.15, -0.1) is 0 Å². The maximum absolute atomic E-state index is 12.5. The Morgan fingerprint density at radius 2 is 2.00 bits per heavy atom. The van der Waals surface area contributed by atoms with Gasteiger partial charge < -0.3 is 15.0 Å². The van der Waals surface area contributed by atoms with Gasteiger partial charge in [0.05, 0.1) is 0 Å². The predicted molar refractivity (Wildman–Crippen MR) is 86.1 cm³/mol. The van der Waals surface area contributed by atoms with Gasteiger partial charge in [-0.3, -0.25) is 4.79 Å². The minimum absolute atomic E-state index is 0.0177. The molecule has 0 aromatic carbocycles. The quantitative estimate of drug-likeness (QED) is 0.780. The average Bonchev–Trinajstić information content (AvgIpc) is 3.04. The highest BCUT2D eigenvalue weighted by Gasteiger charge is 2.29. The van der Waals surface area contributed by atoms with E-state index in [1.807, 2.05) is 0 Å². The van der Waals surface area contributed by atoms with Gasteiger partial charge in [0, 0.05) is 37.8 Å². The Balaban J connectivity index is 2.19. The second kappa shape index (κ2) is 6.93. The number of hydrogen-bond donors (Lipinski definition) is 2. The summed E-state index contributed by atoms with van der Waals surface area (Å²) in [5.41, 5.74) is 0.0468. The fourth-order valence-corrected chi connectivity index (χ4v) is 4.68. The third-order valence-electron chi connectivity index (χ3n) is 3.75. The van der Waals surface area contributed by atoms with E-state index < -0.39 is 27.9 Å². The van der Waals surface area contributed by atoms with Crippen molar-refractivity contribution in [1.29, 1.82) is 0 Å². The lowest BCUT2D eigenvalue weighted by Crippen LogP contribution is -2.40. The molecule has 1 fully saturated rings. The van der Waals surface area contributed by atoms with Gasteiger partial charge in [-0.05, 0) is 13.0 Å². The number of amides is 1. The Morgan fingerprint density at radius 3 is 2.57 bits per heavy atom. The first-order valence-electron chi connectivity index (χ1n) is 7.01. The first-order valence-corrected chi connectivity index (χ1v) is 9.61. The fourth-order valence-electron chi connectivity index (χ4n) is 2.11. The van der Waals surface area contributed by atoms with Gasteiger partial charge in [-0.1, -0.05) is 0 Å². The first-order chi connectivity index (χ1) is 10.7. The van der Waals surface area contributed by atoms with E-state index >= 15 is 0 Å². The van der Waals surface area contributed by atoms with Crippen molar-refractivity contribution in [1.82, 2.24) is 14.2 Å². The van der Waals surface area contributed by atoms with E-state index in [2.05, 4.69) is 4.98 Å². The lowest BCUT2D eigenvalue weighted by Gasteiger charge is -2.25. The Morgan fingerprint density at radius 1 is 1.39 bits per heavy atom. The smallest absolute Gasteiger partial charge is 0.326 e. The lowest BCUT2D eigenvalue weighted by molar-refractivity contribution is -0.141. The molecule has 23 heavy (non-hydrogen) atoms. The van der Waals surface area contributed by atoms with Gasteiger partial charge in [0.1, 0.15) is 16.6 Å². The molecule has 1 saturated heterocycles. The highest BCUT2D eigenvalue weighted by Crippen LogP contribution is 2.21. The van der Waals surface area contributed by atoms with Crippen molar-refractivity contribution in [3.8, 4) is 0 Å². The molecule has 1 aliphatic rings. The zero-order chi connectivity index (χ0) is 17.2. The molecular weight excluding hydrogens is 342 g/mol. The molecule has 2 rings (SSSR count). The second-order valence-corrected chi connectivity index (χ2v) is 8.36. The van der Waals surface area contributed by atoms with Gasteiger partial charge >= 0.3 is 5.97 Å². The number of carbonyl (C=O) groups excluding carboxylic acids is 1. The van der Waals surface area contributed by atoms with Crippen molar-refractivity contribution in [2.75, 3.05) is 31.6 Å². The van der Waals surface area contributed by atoms with Gasteiger partial charge in [0.15, 0.2) is 0 Å². The number of aromatic nitrogens is 1. The van der Waals surface area contributed by atoms with Crippen molar-refractivity contribution in [3.05, 3.63) is 18.0 Å². The molecule has 128 valence electrons. The standard InChI is InChI=1S/C13H19N3O5S2/c1-9(13(18)19)15(2)12(17)11-7-10(8-14-11)23(20,21)16-3-5-22-6-4-16/h7-9,14H,3-6H2,1-2H3,(H,18,19). The third-order valence-corrected chi connectivity index (χ3v) is 6.57. The van der Waals surface area contributed by atoms with Gasteiger partial charge in [-0.2, -0.15) is 16.1 Å². The molecule has 0 aliphatic carbocycles. The van der Waals surface area contributed by atoms with Crippen molar-refractivity contribution in [3.63, 3.8) is 0 Å². The topological polar surface area (TPSA) is 111 Å². The van der Waals surface area contributed by atoms with E-state index in [4.69, 9.17) is 5.11 Å². The number of aliphatic carboxylic acids is 1. The van der Waals surface area contributed by atoms with Crippen LogP contribution in [-0.2, 0) is 14.8 Å². The zero-order valence-electron chi connectivity index (χ0n) is 12.9. The summed E-state index contributed by atoms with van der Waals surface area (Å²) < 4.78 is 26.4. The number of rotatable bonds is 5. The van der Waals surface area contributed by atoms with Crippen molar-refractivity contribution in [2.45, 2.75) is 17.9 Å². The van der Waals surface area contributed by atoms with Crippen molar-refractivity contribution < 1.29 is 23.1 Å². The van der Waals surface area contributed by atoms with Gasteiger partial charge in [-0.25, -0.2) is 13.2 Å². The molecule has 0 saturated carbocycles. The summed E-state index contributed by atoms with van der Waals surface area (Å²) in [6, 6.07) is 0.245. The van der Waals surface area contributed by atoms with E-state index in [-0.39, 0.29) is 10.6 Å². The number of likely N-dealkylation sites (N-methyl/N-ethyl adjacent to an activating group) is 1. The van der Waals surface area contributed by atoms with E-state index in [1.165, 1.54) is 30.5 Å². The van der Waals surface area contributed by atoms with Crippen LogP contribution in [0.2, 0.25) is 0 Å². The number of nitrogens with one attached hydrogen (secondary N) is 1. The van der Waals surface area contributed by atoms with Gasteiger partial charge in [0.2, 0.25) is 10.0 Å². The number of carboxylic acid groups (broad SMARTS) is 1. The molecule has 1 atom stereocenters. The molecule has 10 heteroatoms. The zero-order valence-corrected chi connectivity index (χ0v) is 14.5. The summed E-state index contributed by atoms with van der Waals surface area (Å²) in [6.07, 6.45) is 1.27. The number of sulfonamides is 1. The van der Waals surface area contributed by atoms with Gasteiger partial charge in [0.25, 0.3) is 5.91 Å². The largest absolute Gasteiger partial charge is 0.480 e. The summed E-state index contributed by atoms with van der Waals surface area (Å²) in [7, 11) is -2.28. The molecule has 1 unspecified atom stereocenters. The molecule has 1 amide bonds. The third kappa shape index (κ3) is 3.70. The van der Waals surface area contributed by atoms with Crippen LogP contribution in [0.1, 0.15) is 17.4 Å². The summed E-state index contributed by atoms with van der Waals surface area (Å²) >= 11 is 1.70. The molecule has 1 aromatic heterocycles. The maximum Gasteiger partial charge on any atom is 0.326 e. The Labute approximate surface area is 138 Å². The highest BCUT2D eigenvalue weighted by atomic mass is 32.2. The number of aromatic amines is 1. The van der Waals surface area contributed by atoms with E-state index in [0.717, 1.165) is 16.4 Å². The molecule has 0 bridgehead atoms. The molecule has 2 heterocycles. The summed E-state index contributed by atoms with van der Waals surface area (Å²) in [5, 5.41) is 8.94. The first kappa shape index (κ1) is 17.8. The Kier molecular flexibility index (Phi) is 5.37. The van der Waals surface area contributed by atoms with Crippen LogP contribution in [0.15, 0.2) is 17.2 Å². The highest BCUT2D eigenvalue weighted by molar-refractivity contribution is 7.99. The van der Waals surface area contributed by atoms with Crippen LogP contribution in [0.4, 0.5) is 0 Å². The molecular formula is C13H19N3O5S2. The second-order valence-electron chi connectivity index (χ2n) is 5.20. The van der Waals surface area contributed by atoms with Crippen LogP contribution in [0.25, 0.3) is 0 Å². The minimum atomic E-state index is -3.64.